The van der Waals surface area contributed by atoms with Crippen molar-refractivity contribution in [3.8, 4) is 0 Å². The van der Waals surface area contributed by atoms with E-state index in [9.17, 15) is 0 Å². The number of rotatable bonds is 5. The van der Waals surface area contributed by atoms with E-state index in [4.69, 9.17) is 21.1 Å². The third kappa shape index (κ3) is 3.35. The summed E-state index contributed by atoms with van der Waals surface area (Å²) >= 11 is 9.42. The van der Waals surface area contributed by atoms with Gasteiger partial charge in [-0.2, -0.15) is 0 Å². The first-order chi connectivity index (χ1) is 7.60. The molecular weight excluding hydrogens is 293 g/mol. The van der Waals surface area contributed by atoms with E-state index >= 15 is 0 Å². The molecule has 0 heterocycles. The summed E-state index contributed by atoms with van der Waals surface area (Å²) in [6.07, 6.45) is -0.300. The van der Waals surface area contributed by atoms with E-state index in [2.05, 4.69) is 21.2 Å². The number of ether oxygens (including phenoxy) is 2. The minimum Gasteiger partial charge on any atom is -0.377 e. The Bertz CT molecular complexity index is 345. The van der Waals surface area contributed by atoms with Crippen LogP contribution in [0.25, 0.3) is 0 Å². The van der Waals surface area contributed by atoms with Crippen molar-refractivity contribution in [2.75, 3.05) is 19.5 Å². The maximum absolute atomic E-state index is 6.00. The van der Waals surface area contributed by atoms with Crippen LogP contribution in [0.1, 0.15) is 6.92 Å². The standard InChI is InChI=1S/C11H15BrClNO2/c1-7(11(15-2)16-3)14-9-6-4-5-8(13)10(9)12/h4-7,11,14H,1-3H3. The summed E-state index contributed by atoms with van der Waals surface area (Å²) in [7, 11) is 3.22. The quantitative estimate of drug-likeness (QED) is 0.844. The molecule has 3 nitrogen and oxygen atoms in total. The number of nitrogens with one attached hydrogen (secondary N) is 1. The number of anilines is 1. The Morgan fingerprint density at radius 3 is 2.50 bits per heavy atom. The van der Waals surface area contributed by atoms with Crippen molar-refractivity contribution in [1.82, 2.24) is 0 Å². The molecule has 0 aromatic heterocycles. The molecule has 16 heavy (non-hydrogen) atoms. The molecule has 0 saturated heterocycles. The van der Waals surface area contributed by atoms with E-state index in [1.165, 1.54) is 0 Å². The Labute approximate surface area is 109 Å². The Morgan fingerprint density at radius 2 is 1.94 bits per heavy atom. The summed E-state index contributed by atoms with van der Waals surface area (Å²) in [5, 5.41) is 3.94. The zero-order valence-corrected chi connectivity index (χ0v) is 11.8. The van der Waals surface area contributed by atoms with Crippen LogP contribution in [0.3, 0.4) is 0 Å². The monoisotopic (exact) mass is 307 g/mol. The lowest BCUT2D eigenvalue weighted by atomic mass is 10.2. The van der Waals surface area contributed by atoms with Gasteiger partial charge in [0.15, 0.2) is 6.29 Å². The predicted octanol–water partition coefficient (Wildman–Crippen LogP) is 3.52. The molecule has 0 saturated carbocycles. The molecule has 1 aromatic carbocycles. The predicted molar refractivity (Wildman–Crippen MR) is 70.0 cm³/mol. The molecular formula is C11H15BrClNO2. The van der Waals surface area contributed by atoms with Crippen LogP contribution in [0, 0.1) is 0 Å². The minimum absolute atomic E-state index is 0.0183. The normalized spacial score (nSPS) is 12.9. The van der Waals surface area contributed by atoms with Crippen molar-refractivity contribution < 1.29 is 9.47 Å². The number of halogens is 2. The van der Waals surface area contributed by atoms with Gasteiger partial charge < -0.3 is 14.8 Å². The molecule has 0 aliphatic carbocycles. The van der Waals surface area contributed by atoms with Gasteiger partial charge in [-0.15, -0.1) is 0 Å². The maximum atomic E-state index is 6.00. The molecule has 1 aromatic rings. The lowest BCUT2D eigenvalue weighted by molar-refractivity contribution is -0.109. The highest BCUT2D eigenvalue weighted by Gasteiger charge is 2.16. The van der Waals surface area contributed by atoms with Crippen LogP contribution in [-0.4, -0.2) is 26.6 Å². The highest BCUT2D eigenvalue weighted by atomic mass is 79.9. The molecule has 1 N–H and O–H groups in total. The molecule has 0 aliphatic rings. The second kappa shape index (κ2) is 6.45. The van der Waals surface area contributed by atoms with E-state index in [1.54, 1.807) is 14.2 Å². The van der Waals surface area contributed by atoms with E-state index in [0.717, 1.165) is 10.2 Å². The van der Waals surface area contributed by atoms with Crippen molar-refractivity contribution in [2.45, 2.75) is 19.3 Å². The van der Waals surface area contributed by atoms with Crippen molar-refractivity contribution in [2.24, 2.45) is 0 Å². The molecule has 0 amide bonds. The van der Waals surface area contributed by atoms with Crippen LogP contribution >= 0.6 is 27.5 Å². The topological polar surface area (TPSA) is 30.5 Å². The van der Waals surface area contributed by atoms with E-state index in [1.807, 2.05) is 25.1 Å². The smallest absolute Gasteiger partial charge is 0.176 e. The van der Waals surface area contributed by atoms with Gasteiger partial charge in [-0.1, -0.05) is 17.7 Å². The number of hydrogen-bond acceptors (Lipinski definition) is 3. The zero-order valence-electron chi connectivity index (χ0n) is 9.46. The molecule has 0 radical (unpaired) electrons. The summed E-state index contributed by atoms with van der Waals surface area (Å²) < 4.78 is 11.2. The molecule has 0 fully saturated rings. The van der Waals surface area contributed by atoms with Gasteiger partial charge in [0, 0.05) is 14.2 Å². The van der Waals surface area contributed by atoms with E-state index in [0.29, 0.717) is 5.02 Å². The van der Waals surface area contributed by atoms with Crippen molar-refractivity contribution in [1.29, 1.82) is 0 Å². The molecule has 1 rings (SSSR count). The van der Waals surface area contributed by atoms with Crippen molar-refractivity contribution >= 4 is 33.2 Å². The largest absolute Gasteiger partial charge is 0.377 e. The highest BCUT2D eigenvalue weighted by molar-refractivity contribution is 9.10. The van der Waals surface area contributed by atoms with E-state index < -0.39 is 0 Å². The van der Waals surface area contributed by atoms with Crippen LogP contribution in [0.15, 0.2) is 22.7 Å². The summed E-state index contributed by atoms with van der Waals surface area (Å²) in [4.78, 5) is 0. The molecule has 90 valence electrons. The third-order valence-electron chi connectivity index (χ3n) is 2.21. The van der Waals surface area contributed by atoms with Crippen molar-refractivity contribution in [3.63, 3.8) is 0 Å². The Kier molecular flexibility index (Phi) is 5.55. The fraction of sp³-hybridized carbons (Fsp3) is 0.455. The molecule has 0 aliphatic heterocycles. The maximum Gasteiger partial charge on any atom is 0.176 e. The van der Waals surface area contributed by atoms with Gasteiger partial charge in [0.1, 0.15) is 0 Å². The van der Waals surface area contributed by atoms with Crippen LogP contribution in [0.5, 0.6) is 0 Å². The number of hydrogen-bond donors (Lipinski definition) is 1. The number of benzene rings is 1. The third-order valence-corrected chi connectivity index (χ3v) is 3.61. The average molecular weight is 309 g/mol. The summed E-state index contributed by atoms with van der Waals surface area (Å²) in [6.45, 7) is 1.98. The van der Waals surface area contributed by atoms with E-state index in [-0.39, 0.29) is 12.3 Å². The SMILES string of the molecule is COC(OC)C(C)Nc1cccc(Cl)c1Br. The molecule has 1 atom stereocenters. The first kappa shape index (κ1) is 13.8. The number of methoxy groups -OCH3 is 2. The molecule has 5 heteroatoms. The van der Waals surface area contributed by atoms with Gasteiger partial charge in [0.25, 0.3) is 0 Å². The second-order valence-corrected chi connectivity index (χ2v) is 4.57. The van der Waals surface area contributed by atoms with Gasteiger partial charge in [0.2, 0.25) is 0 Å². The Hall–Kier alpha value is -0.290. The lowest BCUT2D eigenvalue weighted by Crippen LogP contribution is -2.33. The zero-order chi connectivity index (χ0) is 12.1. The highest BCUT2D eigenvalue weighted by Crippen LogP contribution is 2.30. The second-order valence-electron chi connectivity index (χ2n) is 3.37. The van der Waals surface area contributed by atoms with Crippen molar-refractivity contribution in [3.05, 3.63) is 27.7 Å². The van der Waals surface area contributed by atoms with Crippen LogP contribution in [0.4, 0.5) is 5.69 Å². The first-order valence-corrected chi connectivity index (χ1v) is 6.03. The van der Waals surface area contributed by atoms with Gasteiger partial charge in [-0.05, 0) is 35.0 Å². The first-order valence-electron chi connectivity index (χ1n) is 4.86. The molecule has 0 spiro atoms. The molecule has 1 unspecified atom stereocenters. The minimum atomic E-state index is -0.300. The van der Waals surface area contributed by atoms with Gasteiger partial charge in [-0.25, -0.2) is 0 Å². The van der Waals surface area contributed by atoms with Crippen LogP contribution in [0.2, 0.25) is 5.02 Å². The fourth-order valence-corrected chi connectivity index (χ4v) is 1.99. The Balaban J connectivity index is 2.76. The van der Waals surface area contributed by atoms with Crippen LogP contribution < -0.4 is 5.32 Å². The summed E-state index contributed by atoms with van der Waals surface area (Å²) in [5.41, 5.74) is 0.916. The van der Waals surface area contributed by atoms with Crippen LogP contribution in [-0.2, 0) is 9.47 Å². The summed E-state index contributed by atoms with van der Waals surface area (Å²) in [5.74, 6) is 0. The van der Waals surface area contributed by atoms with Gasteiger partial charge in [-0.3, -0.25) is 0 Å². The van der Waals surface area contributed by atoms with Gasteiger partial charge in [0.05, 0.1) is 21.2 Å². The fourth-order valence-electron chi connectivity index (χ4n) is 1.43. The molecule has 0 bridgehead atoms. The Morgan fingerprint density at radius 1 is 1.31 bits per heavy atom. The average Bonchev–Trinajstić information content (AvgIpc) is 2.26. The summed E-state index contributed by atoms with van der Waals surface area (Å²) in [6, 6.07) is 5.67. The lowest BCUT2D eigenvalue weighted by Gasteiger charge is -2.23. The van der Waals surface area contributed by atoms with Gasteiger partial charge >= 0.3 is 0 Å².